The first-order valence-electron chi connectivity index (χ1n) is 12.2. The fourth-order valence-corrected chi connectivity index (χ4v) is 19.8. The summed E-state index contributed by atoms with van der Waals surface area (Å²) in [5.74, 6) is 0.0965. The maximum atomic E-state index is 16.2. The van der Waals surface area contributed by atoms with Crippen LogP contribution in [0.5, 0.6) is 5.75 Å². The summed E-state index contributed by atoms with van der Waals surface area (Å²) in [6.07, 6.45) is 6.80. The molecule has 0 aliphatic carbocycles. The average molecular weight is 545 g/mol. The summed E-state index contributed by atoms with van der Waals surface area (Å²) in [5.41, 5.74) is 2.21. The minimum atomic E-state index is -3.08. The molecule has 2 aromatic rings. The summed E-state index contributed by atoms with van der Waals surface area (Å²) < 4.78 is 25.3. The van der Waals surface area contributed by atoms with Crippen molar-refractivity contribution < 1.29 is 13.9 Å². The molecule has 0 atom stereocenters. The molecule has 0 heterocycles. The molecule has 4 heteroatoms. The van der Waals surface area contributed by atoms with Crippen LogP contribution in [0.3, 0.4) is 0 Å². The number of benzene rings is 2. The number of unbranched alkanes of at least 4 members (excludes halogenated alkanes) is 3. The van der Waals surface area contributed by atoms with Gasteiger partial charge in [-0.15, -0.1) is 0 Å². The van der Waals surface area contributed by atoms with Crippen LogP contribution in [0.4, 0.5) is 4.39 Å². The molecule has 0 unspecified atom stereocenters. The van der Waals surface area contributed by atoms with Gasteiger partial charge in [0.25, 0.3) is 0 Å². The zero-order valence-corrected chi connectivity index (χ0v) is 23.1. The second-order valence-electron chi connectivity index (χ2n) is 8.81. The van der Waals surface area contributed by atoms with E-state index in [0.29, 0.717) is 11.3 Å². The van der Waals surface area contributed by atoms with E-state index >= 15 is 4.39 Å². The number of carbonyl (C=O) groups excluding carboxylic acids is 1. The Bertz CT molecular complexity index is 837. The van der Waals surface area contributed by atoms with E-state index in [0.717, 1.165) is 63.0 Å². The van der Waals surface area contributed by atoms with Gasteiger partial charge in [-0.25, -0.2) is 0 Å². The van der Waals surface area contributed by atoms with E-state index in [9.17, 15) is 4.79 Å². The normalized spacial score (nSPS) is 12.4. The molecular formula is C28H39FO2Sn. The summed E-state index contributed by atoms with van der Waals surface area (Å²) >= 11 is -3.08. The van der Waals surface area contributed by atoms with Gasteiger partial charge in [-0.1, -0.05) is 0 Å². The number of rotatable bonds is 13. The van der Waals surface area contributed by atoms with Gasteiger partial charge in [0.2, 0.25) is 0 Å². The van der Waals surface area contributed by atoms with Crippen LogP contribution >= 0.6 is 0 Å². The van der Waals surface area contributed by atoms with E-state index in [1.807, 2.05) is 37.3 Å². The molecular weight excluding hydrogens is 506 g/mol. The third-order valence-electron chi connectivity index (χ3n) is 6.33. The maximum absolute atomic E-state index is 16.2. The molecule has 0 aliphatic heterocycles. The van der Waals surface area contributed by atoms with E-state index in [-0.39, 0.29) is 9.81 Å². The van der Waals surface area contributed by atoms with E-state index in [2.05, 4.69) is 20.8 Å². The van der Waals surface area contributed by atoms with Crippen LogP contribution in [-0.4, -0.2) is 24.3 Å². The number of ether oxygens (including phenoxy) is 1. The van der Waals surface area contributed by atoms with E-state index in [4.69, 9.17) is 4.74 Å². The number of allylic oxidation sites excluding steroid dienone is 1. The van der Waals surface area contributed by atoms with Crippen LogP contribution in [0, 0.1) is 0 Å². The van der Waals surface area contributed by atoms with Crippen molar-refractivity contribution in [3.8, 4) is 5.75 Å². The standard InChI is InChI=1S/C16H12FO2.3C4H9.Sn/c1-12(11-17)13-7-9-15(10-8-13)19-16(18)14-5-3-2-4-6-14;3*1-3-4-2;/h2-10H,1H3;3*1,3-4H2,2H3;. The van der Waals surface area contributed by atoms with Crippen molar-refractivity contribution in [2.75, 3.05) is 0 Å². The number of esters is 1. The summed E-state index contributed by atoms with van der Waals surface area (Å²) in [5, 5.41) is 0. The number of halogens is 1. The van der Waals surface area contributed by atoms with Gasteiger partial charge in [-0.2, -0.15) is 0 Å². The van der Waals surface area contributed by atoms with E-state index in [1.54, 1.807) is 24.3 Å². The first kappa shape index (κ1) is 26.6. The van der Waals surface area contributed by atoms with Crippen LogP contribution < -0.4 is 4.74 Å². The molecule has 0 saturated heterocycles. The molecule has 0 saturated carbocycles. The topological polar surface area (TPSA) is 26.3 Å². The Morgan fingerprint density at radius 2 is 1.28 bits per heavy atom. The Morgan fingerprint density at radius 1 is 0.781 bits per heavy atom. The second kappa shape index (κ2) is 13.8. The van der Waals surface area contributed by atoms with Crippen molar-refractivity contribution in [1.29, 1.82) is 0 Å². The first-order valence-corrected chi connectivity index (χ1v) is 19.7. The van der Waals surface area contributed by atoms with Crippen molar-refractivity contribution in [1.82, 2.24) is 0 Å². The number of hydrogen-bond donors (Lipinski definition) is 0. The predicted molar refractivity (Wildman–Crippen MR) is 136 cm³/mol. The molecule has 0 fully saturated rings. The van der Waals surface area contributed by atoms with Crippen LogP contribution in [0.1, 0.15) is 82.1 Å². The number of hydrogen-bond acceptors (Lipinski definition) is 2. The fraction of sp³-hybridized carbons (Fsp3) is 0.464. The summed E-state index contributed by atoms with van der Waals surface area (Å²) in [6, 6.07) is 16.3. The van der Waals surface area contributed by atoms with Crippen molar-refractivity contribution in [3.05, 3.63) is 69.6 Å². The van der Waals surface area contributed by atoms with Gasteiger partial charge < -0.3 is 0 Å². The second-order valence-corrected chi connectivity index (χ2v) is 21.7. The molecule has 32 heavy (non-hydrogen) atoms. The molecule has 174 valence electrons. The summed E-state index contributed by atoms with van der Waals surface area (Å²) in [6.45, 7) is 8.57. The first-order chi connectivity index (χ1) is 15.5. The Balaban J connectivity index is 2.27. The quantitative estimate of drug-likeness (QED) is 0.143. The monoisotopic (exact) mass is 546 g/mol. The van der Waals surface area contributed by atoms with Gasteiger partial charge in [0.1, 0.15) is 0 Å². The van der Waals surface area contributed by atoms with Crippen molar-refractivity contribution >= 4 is 29.9 Å². The van der Waals surface area contributed by atoms with Gasteiger partial charge in [0, 0.05) is 0 Å². The Kier molecular flexibility index (Phi) is 11.5. The van der Waals surface area contributed by atoms with Gasteiger partial charge in [-0.05, 0) is 0 Å². The van der Waals surface area contributed by atoms with Gasteiger partial charge in [0.15, 0.2) is 0 Å². The van der Waals surface area contributed by atoms with Crippen molar-refractivity contribution in [2.45, 2.75) is 79.5 Å². The van der Waals surface area contributed by atoms with Crippen molar-refractivity contribution in [2.24, 2.45) is 0 Å². The molecule has 2 aromatic carbocycles. The minimum absolute atomic E-state index is 0.253. The zero-order chi connectivity index (χ0) is 23.4. The molecule has 0 spiro atoms. The molecule has 0 N–H and O–H groups in total. The van der Waals surface area contributed by atoms with E-state index < -0.39 is 18.4 Å². The molecule has 0 aromatic heterocycles. The fourth-order valence-electron chi connectivity index (χ4n) is 4.29. The van der Waals surface area contributed by atoms with Crippen LogP contribution in [0.25, 0.3) is 5.57 Å². The Hall–Kier alpha value is -1.62. The number of carbonyl (C=O) groups is 1. The predicted octanol–water partition coefficient (Wildman–Crippen LogP) is 8.99. The van der Waals surface area contributed by atoms with E-state index in [1.165, 1.54) is 0 Å². The molecule has 0 amide bonds. The molecule has 0 bridgehead atoms. The van der Waals surface area contributed by atoms with Crippen LogP contribution in [0.15, 0.2) is 58.4 Å². The van der Waals surface area contributed by atoms with Gasteiger partial charge >= 0.3 is 199 Å². The van der Waals surface area contributed by atoms with Crippen LogP contribution in [0.2, 0.25) is 13.3 Å². The molecule has 0 aliphatic rings. The summed E-state index contributed by atoms with van der Waals surface area (Å²) in [4.78, 5) is 12.3. The molecule has 0 radical (unpaired) electrons. The average Bonchev–Trinajstić information content (AvgIpc) is 2.84. The zero-order valence-electron chi connectivity index (χ0n) is 20.3. The van der Waals surface area contributed by atoms with Gasteiger partial charge in [0.05, 0.1) is 0 Å². The summed E-state index contributed by atoms with van der Waals surface area (Å²) in [7, 11) is 0. The molecule has 2 nitrogen and oxygen atoms in total. The SMILES string of the molecule is CCC[CH2][Sn]([CH2]CCC)([CH2]CCC)/[C](F)=C(\C)c1ccc(OC(=O)c2ccccc2)cc1. The Labute approximate surface area is 198 Å². The van der Waals surface area contributed by atoms with Crippen molar-refractivity contribution in [3.63, 3.8) is 0 Å². The molecule has 2 rings (SSSR count). The van der Waals surface area contributed by atoms with Gasteiger partial charge in [-0.3, -0.25) is 0 Å². The van der Waals surface area contributed by atoms with Crippen LogP contribution in [-0.2, 0) is 0 Å². The Morgan fingerprint density at radius 3 is 1.75 bits per heavy atom. The third kappa shape index (κ3) is 7.47. The third-order valence-corrected chi connectivity index (χ3v) is 21.3.